The predicted molar refractivity (Wildman–Crippen MR) is 56.4 cm³/mol. The summed E-state index contributed by atoms with van der Waals surface area (Å²) in [5.41, 5.74) is -1.55. The van der Waals surface area contributed by atoms with E-state index in [1.807, 2.05) is 0 Å². The Morgan fingerprint density at radius 3 is 2.00 bits per heavy atom. The third kappa shape index (κ3) is 3.12. The summed E-state index contributed by atoms with van der Waals surface area (Å²) in [6.45, 7) is 6.50. The van der Waals surface area contributed by atoms with Gasteiger partial charge in [0, 0.05) is 18.3 Å². The van der Waals surface area contributed by atoms with Gasteiger partial charge < -0.3 is 10.1 Å². The van der Waals surface area contributed by atoms with E-state index in [9.17, 15) is 18.0 Å². The number of carbonyl (C=O) groups is 1. The molecule has 1 aliphatic rings. The second-order valence-electron chi connectivity index (χ2n) is 5.38. The van der Waals surface area contributed by atoms with Crippen LogP contribution in [-0.4, -0.2) is 30.8 Å². The predicted octanol–water partition coefficient (Wildman–Crippen LogP) is 2.26. The van der Waals surface area contributed by atoms with Crippen molar-refractivity contribution in [3.05, 3.63) is 0 Å². The largest absolute Gasteiger partial charge is 0.490 e. The summed E-state index contributed by atoms with van der Waals surface area (Å²) in [5.74, 6) is -2.09. The van der Waals surface area contributed by atoms with Gasteiger partial charge in [0.15, 0.2) is 0 Å². The summed E-state index contributed by atoms with van der Waals surface area (Å²) in [6.07, 6.45) is -4.13. The zero-order chi connectivity index (χ0) is 13.3. The van der Waals surface area contributed by atoms with E-state index in [0.29, 0.717) is 25.9 Å². The lowest BCUT2D eigenvalue weighted by atomic mass is 9.71. The number of esters is 1. The number of carbonyl (C=O) groups excluding carboxylic acids is 1. The molecule has 1 saturated heterocycles. The van der Waals surface area contributed by atoms with Crippen LogP contribution in [0.4, 0.5) is 13.2 Å². The Kier molecular flexibility index (Phi) is 3.76. The molecule has 0 radical (unpaired) electrons. The second-order valence-corrected chi connectivity index (χ2v) is 5.38. The molecule has 1 aliphatic heterocycles. The summed E-state index contributed by atoms with van der Waals surface area (Å²) in [7, 11) is 0. The molecule has 0 atom stereocenters. The van der Waals surface area contributed by atoms with Crippen LogP contribution < -0.4 is 5.32 Å². The van der Waals surface area contributed by atoms with Crippen LogP contribution in [0.15, 0.2) is 0 Å². The van der Waals surface area contributed by atoms with Gasteiger partial charge in [-0.2, -0.15) is 13.2 Å². The normalized spacial score (nSPS) is 21.1. The van der Waals surface area contributed by atoms with Crippen molar-refractivity contribution in [3.63, 3.8) is 0 Å². The number of alkyl halides is 3. The summed E-state index contributed by atoms with van der Waals surface area (Å²) >= 11 is 0. The van der Waals surface area contributed by atoms with E-state index in [-0.39, 0.29) is 0 Å². The third-order valence-corrected chi connectivity index (χ3v) is 3.30. The molecule has 0 aromatic heterocycles. The quantitative estimate of drug-likeness (QED) is 0.728. The first-order valence-corrected chi connectivity index (χ1v) is 5.59. The van der Waals surface area contributed by atoms with Crippen molar-refractivity contribution < 1.29 is 22.7 Å². The van der Waals surface area contributed by atoms with Crippen LogP contribution in [0.5, 0.6) is 0 Å². The first-order chi connectivity index (χ1) is 7.58. The lowest BCUT2D eigenvalue weighted by molar-refractivity contribution is -0.227. The van der Waals surface area contributed by atoms with Gasteiger partial charge >= 0.3 is 12.1 Å². The molecule has 6 heteroatoms. The summed E-state index contributed by atoms with van der Waals surface area (Å²) in [6, 6.07) is 0. The standard InChI is InChI=1S/C11H18F3NO2/c1-9(2,3)10(4-6-15-7-5-10)17-8(16)11(12,13)14/h15H,4-7H2,1-3H3. The van der Waals surface area contributed by atoms with Crippen molar-refractivity contribution in [2.75, 3.05) is 13.1 Å². The molecule has 0 spiro atoms. The Labute approximate surface area is 98.7 Å². The Hall–Kier alpha value is -0.780. The fraction of sp³-hybridized carbons (Fsp3) is 0.909. The van der Waals surface area contributed by atoms with Crippen molar-refractivity contribution in [2.45, 2.75) is 45.4 Å². The average molecular weight is 253 g/mol. The number of hydrogen-bond acceptors (Lipinski definition) is 3. The third-order valence-electron chi connectivity index (χ3n) is 3.30. The Bertz CT molecular complexity index is 288. The van der Waals surface area contributed by atoms with Gasteiger partial charge in [-0.1, -0.05) is 20.8 Å². The Morgan fingerprint density at radius 1 is 1.18 bits per heavy atom. The lowest BCUT2D eigenvalue weighted by Crippen LogP contribution is -2.54. The fourth-order valence-corrected chi connectivity index (χ4v) is 2.07. The minimum Gasteiger partial charge on any atom is -0.452 e. The zero-order valence-electron chi connectivity index (χ0n) is 10.3. The SMILES string of the molecule is CC(C)(C)C1(OC(=O)C(F)(F)F)CCNCC1. The number of hydrogen-bond donors (Lipinski definition) is 1. The van der Waals surface area contributed by atoms with Gasteiger partial charge in [0.2, 0.25) is 0 Å². The topological polar surface area (TPSA) is 38.3 Å². The molecule has 1 rings (SSSR count). The minimum atomic E-state index is -4.93. The summed E-state index contributed by atoms with van der Waals surface area (Å²) in [4.78, 5) is 11.0. The van der Waals surface area contributed by atoms with E-state index >= 15 is 0 Å². The molecule has 0 unspecified atom stereocenters. The van der Waals surface area contributed by atoms with Crippen LogP contribution in [0.2, 0.25) is 0 Å². The molecule has 1 N–H and O–H groups in total. The van der Waals surface area contributed by atoms with Crippen LogP contribution in [0.3, 0.4) is 0 Å². The van der Waals surface area contributed by atoms with Gasteiger partial charge in [0.25, 0.3) is 0 Å². The van der Waals surface area contributed by atoms with E-state index in [1.165, 1.54) is 0 Å². The van der Waals surface area contributed by atoms with Gasteiger partial charge in [-0.05, 0) is 13.1 Å². The van der Waals surface area contributed by atoms with Gasteiger partial charge in [-0.25, -0.2) is 4.79 Å². The molecule has 0 amide bonds. The van der Waals surface area contributed by atoms with Crippen molar-refractivity contribution in [1.29, 1.82) is 0 Å². The number of halogens is 3. The summed E-state index contributed by atoms with van der Waals surface area (Å²) in [5, 5.41) is 3.05. The molecule has 0 aromatic rings. The monoisotopic (exact) mass is 253 g/mol. The van der Waals surface area contributed by atoms with Gasteiger partial charge in [-0.15, -0.1) is 0 Å². The number of piperidine rings is 1. The number of rotatable bonds is 1. The van der Waals surface area contributed by atoms with E-state index in [4.69, 9.17) is 4.74 Å². The molecule has 0 aromatic carbocycles. The maximum Gasteiger partial charge on any atom is 0.490 e. The highest BCUT2D eigenvalue weighted by atomic mass is 19.4. The highest BCUT2D eigenvalue weighted by molar-refractivity contribution is 5.76. The molecule has 1 fully saturated rings. The molecule has 1 heterocycles. The molecule has 0 bridgehead atoms. The van der Waals surface area contributed by atoms with Gasteiger partial charge in [0.05, 0.1) is 0 Å². The summed E-state index contributed by atoms with van der Waals surface area (Å²) < 4.78 is 41.6. The zero-order valence-corrected chi connectivity index (χ0v) is 10.3. The van der Waals surface area contributed by atoms with Crippen molar-refractivity contribution in [1.82, 2.24) is 5.32 Å². The van der Waals surface area contributed by atoms with Crippen LogP contribution in [-0.2, 0) is 9.53 Å². The van der Waals surface area contributed by atoms with Crippen LogP contribution in [0, 0.1) is 5.41 Å². The molecule has 0 aliphatic carbocycles. The Balaban J connectivity index is 2.89. The first kappa shape index (κ1) is 14.3. The lowest BCUT2D eigenvalue weighted by Gasteiger charge is -2.46. The van der Waals surface area contributed by atoms with Crippen molar-refractivity contribution in [2.24, 2.45) is 5.41 Å². The smallest absolute Gasteiger partial charge is 0.452 e. The maximum absolute atomic E-state index is 12.3. The van der Waals surface area contributed by atoms with Gasteiger partial charge in [0.1, 0.15) is 5.60 Å². The first-order valence-electron chi connectivity index (χ1n) is 5.59. The highest BCUT2D eigenvalue weighted by Gasteiger charge is 2.51. The molecule has 0 saturated carbocycles. The van der Waals surface area contributed by atoms with Gasteiger partial charge in [-0.3, -0.25) is 0 Å². The number of ether oxygens (including phenoxy) is 1. The maximum atomic E-state index is 12.3. The molecule has 17 heavy (non-hydrogen) atoms. The number of nitrogens with one attached hydrogen (secondary N) is 1. The Morgan fingerprint density at radius 2 is 1.65 bits per heavy atom. The van der Waals surface area contributed by atoms with E-state index in [0.717, 1.165) is 0 Å². The molecular formula is C11H18F3NO2. The van der Waals surface area contributed by atoms with Crippen LogP contribution >= 0.6 is 0 Å². The minimum absolute atomic E-state index is 0.401. The average Bonchev–Trinajstić information content (AvgIpc) is 2.16. The van der Waals surface area contributed by atoms with Crippen LogP contribution in [0.1, 0.15) is 33.6 Å². The highest BCUT2D eigenvalue weighted by Crippen LogP contribution is 2.41. The van der Waals surface area contributed by atoms with Crippen molar-refractivity contribution >= 4 is 5.97 Å². The van der Waals surface area contributed by atoms with E-state index < -0.39 is 23.2 Å². The molecular weight excluding hydrogens is 235 g/mol. The van der Waals surface area contributed by atoms with Crippen LogP contribution in [0.25, 0.3) is 0 Å². The molecule has 3 nitrogen and oxygen atoms in total. The van der Waals surface area contributed by atoms with Crippen molar-refractivity contribution in [3.8, 4) is 0 Å². The fourth-order valence-electron chi connectivity index (χ4n) is 2.07. The second kappa shape index (κ2) is 4.48. The van der Waals surface area contributed by atoms with E-state index in [2.05, 4.69) is 5.32 Å². The van der Waals surface area contributed by atoms with E-state index in [1.54, 1.807) is 20.8 Å². The molecule has 100 valence electrons.